The van der Waals surface area contributed by atoms with E-state index in [1.807, 2.05) is 56.6 Å². The molecule has 6 heteroatoms. The molecule has 2 heterocycles. The summed E-state index contributed by atoms with van der Waals surface area (Å²) < 4.78 is 1.83. The molecule has 0 radical (unpaired) electrons. The fraction of sp³-hybridized carbons (Fsp3) is 0.450. The molecule has 3 rings (SSSR count). The molecule has 0 saturated carbocycles. The van der Waals surface area contributed by atoms with Crippen molar-refractivity contribution in [3.05, 3.63) is 47.3 Å². The van der Waals surface area contributed by atoms with Gasteiger partial charge in [0, 0.05) is 13.1 Å². The molecular formula is C20H25N3O3. The van der Waals surface area contributed by atoms with E-state index in [2.05, 4.69) is 5.10 Å². The summed E-state index contributed by atoms with van der Waals surface area (Å²) in [6, 6.07) is 7.93. The van der Waals surface area contributed by atoms with Gasteiger partial charge in [0.2, 0.25) is 0 Å². The predicted octanol–water partition coefficient (Wildman–Crippen LogP) is 3.10. The highest BCUT2D eigenvalue weighted by Gasteiger charge is 2.38. The number of carbonyl (C=O) groups excluding carboxylic acids is 1. The number of carbonyl (C=O) groups is 2. The molecule has 26 heavy (non-hydrogen) atoms. The van der Waals surface area contributed by atoms with Gasteiger partial charge >= 0.3 is 5.97 Å². The Kier molecular flexibility index (Phi) is 4.85. The number of para-hydroxylation sites is 1. The first-order chi connectivity index (χ1) is 12.3. The maximum atomic E-state index is 13.1. The largest absolute Gasteiger partial charge is 0.481 e. The van der Waals surface area contributed by atoms with Gasteiger partial charge in [0.1, 0.15) is 0 Å². The van der Waals surface area contributed by atoms with Crippen molar-refractivity contribution in [1.29, 1.82) is 0 Å². The number of hydrogen-bond acceptors (Lipinski definition) is 3. The van der Waals surface area contributed by atoms with Crippen LogP contribution < -0.4 is 0 Å². The van der Waals surface area contributed by atoms with E-state index in [-0.39, 0.29) is 24.3 Å². The normalized spacial score (nSPS) is 20.0. The van der Waals surface area contributed by atoms with Crippen LogP contribution in [0.25, 0.3) is 5.69 Å². The van der Waals surface area contributed by atoms with Crippen molar-refractivity contribution in [2.45, 2.75) is 33.6 Å². The number of aliphatic carboxylic acids is 1. The molecule has 1 aromatic carbocycles. The predicted molar refractivity (Wildman–Crippen MR) is 98.6 cm³/mol. The third-order valence-electron chi connectivity index (χ3n) is 5.14. The summed E-state index contributed by atoms with van der Waals surface area (Å²) in [5, 5.41) is 13.8. The van der Waals surface area contributed by atoms with Crippen molar-refractivity contribution in [2.75, 3.05) is 13.1 Å². The average Bonchev–Trinajstić information content (AvgIpc) is 3.18. The fourth-order valence-electron chi connectivity index (χ4n) is 3.70. The highest BCUT2D eigenvalue weighted by molar-refractivity contribution is 5.96. The maximum absolute atomic E-state index is 13.1. The third kappa shape index (κ3) is 3.11. The summed E-state index contributed by atoms with van der Waals surface area (Å²) in [7, 11) is 0. The molecule has 138 valence electrons. The smallest absolute Gasteiger partial charge is 0.308 e. The van der Waals surface area contributed by atoms with Gasteiger partial charge in [0.15, 0.2) is 0 Å². The first kappa shape index (κ1) is 18.2. The monoisotopic (exact) mass is 355 g/mol. The Hall–Kier alpha value is -2.63. The lowest BCUT2D eigenvalue weighted by Gasteiger charge is -2.18. The van der Waals surface area contributed by atoms with Gasteiger partial charge in [-0.1, -0.05) is 39.0 Å². The van der Waals surface area contributed by atoms with Crippen LogP contribution in [0.5, 0.6) is 0 Å². The summed E-state index contributed by atoms with van der Waals surface area (Å²) >= 11 is 0. The molecule has 1 fully saturated rings. The van der Waals surface area contributed by atoms with E-state index < -0.39 is 11.9 Å². The van der Waals surface area contributed by atoms with E-state index >= 15 is 0 Å². The maximum Gasteiger partial charge on any atom is 0.308 e. The lowest BCUT2D eigenvalue weighted by Crippen LogP contribution is -2.30. The Bertz CT molecular complexity index is 841. The molecule has 0 bridgehead atoms. The van der Waals surface area contributed by atoms with Crippen LogP contribution in [-0.4, -0.2) is 44.8 Å². The molecule has 0 unspecified atom stereocenters. The lowest BCUT2D eigenvalue weighted by atomic mass is 9.99. The van der Waals surface area contributed by atoms with Crippen LogP contribution >= 0.6 is 0 Å². The second kappa shape index (κ2) is 6.94. The van der Waals surface area contributed by atoms with Gasteiger partial charge in [-0.3, -0.25) is 9.59 Å². The Morgan fingerprint density at radius 2 is 1.92 bits per heavy atom. The third-order valence-corrected chi connectivity index (χ3v) is 5.14. The first-order valence-corrected chi connectivity index (χ1v) is 8.97. The van der Waals surface area contributed by atoms with Gasteiger partial charge < -0.3 is 10.0 Å². The molecule has 0 spiro atoms. The number of carboxylic acids is 1. The van der Waals surface area contributed by atoms with Crippen LogP contribution in [0.4, 0.5) is 0 Å². The zero-order valence-electron chi connectivity index (χ0n) is 15.6. The second-order valence-electron chi connectivity index (χ2n) is 7.43. The molecular weight excluding hydrogens is 330 g/mol. The molecule has 1 aliphatic heterocycles. The van der Waals surface area contributed by atoms with Crippen LogP contribution in [0, 0.1) is 18.8 Å². The van der Waals surface area contributed by atoms with Crippen LogP contribution in [0.1, 0.15) is 48.3 Å². The Labute approximate surface area is 153 Å². The van der Waals surface area contributed by atoms with Gasteiger partial charge in [-0.05, 0) is 30.4 Å². The average molecular weight is 355 g/mol. The number of nitrogens with zero attached hydrogens (tertiary/aromatic N) is 3. The zero-order chi connectivity index (χ0) is 19.0. The van der Waals surface area contributed by atoms with Crippen molar-refractivity contribution in [1.82, 2.24) is 14.7 Å². The highest BCUT2D eigenvalue weighted by Crippen LogP contribution is 2.29. The van der Waals surface area contributed by atoms with Crippen molar-refractivity contribution >= 4 is 11.9 Å². The van der Waals surface area contributed by atoms with E-state index in [0.29, 0.717) is 12.1 Å². The van der Waals surface area contributed by atoms with Crippen LogP contribution in [-0.2, 0) is 4.79 Å². The summed E-state index contributed by atoms with van der Waals surface area (Å²) in [5.41, 5.74) is 3.45. The number of amides is 1. The van der Waals surface area contributed by atoms with Crippen LogP contribution in [0.15, 0.2) is 30.5 Å². The molecule has 6 nitrogen and oxygen atoms in total. The number of hydrogen-bond donors (Lipinski definition) is 1. The minimum Gasteiger partial charge on any atom is -0.481 e. The van der Waals surface area contributed by atoms with E-state index in [0.717, 1.165) is 16.9 Å². The Morgan fingerprint density at radius 3 is 2.50 bits per heavy atom. The second-order valence-corrected chi connectivity index (χ2v) is 7.43. The zero-order valence-corrected chi connectivity index (χ0v) is 15.6. The van der Waals surface area contributed by atoms with E-state index in [1.54, 1.807) is 11.1 Å². The Balaban J connectivity index is 1.98. The van der Waals surface area contributed by atoms with Gasteiger partial charge in [-0.25, -0.2) is 4.68 Å². The SMILES string of the molecule is Cc1ccccc1-n1ncc(C(=O)N2C[C@@H](C)[C@H](C(=O)O)C2)c1C(C)C. The van der Waals surface area contributed by atoms with Crippen LogP contribution in [0.3, 0.4) is 0 Å². The number of carboxylic acid groups (broad SMARTS) is 1. The number of rotatable bonds is 4. The van der Waals surface area contributed by atoms with Gasteiger partial charge in [0.05, 0.1) is 29.1 Å². The summed E-state index contributed by atoms with van der Waals surface area (Å²) in [6.45, 7) is 8.68. The van der Waals surface area contributed by atoms with Gasteiger partial charge in [0.25, 0.3) is 5.91 Å². The molecule has 1 N–H and O–H groups in total. The molecule has 1 aliphatic rings. The molecule has 0 aliphatic carbocycles. The fourth-order valence-corrected chi connectivity index (χ4v) is 3.70. The standard InChI is InChI=1S/C20H25N3O3/c1-12(2)18-15(9-21-23(18)17-8-6-5-7-13(17)3)19(24)22-10-14(4)16(11-22)20(25)26/h5-9,12,14,16H,10-11H2,1-4H3,(H,25,26)/t14-,16-/m1/s1. The summed E-state index contributed by atoms with van der Waals surface area (Å²) in [4.78, 5) is 26.1. The van der Waals surface area contributed by atoms with Crippen LogP contribution in [0.2, 0.25) is 0 Å². The molecule has 1 saturated heterocycles. The number of aromatic nitrogens is 2. The van der Waals surface area contributed by atoms with E-state index in [1.165, 1.54) is 0 Å². The van der Waals surface area contributed by atoms with Crippen molar-refractivity contribution in [3.63, 3.8) is 0 Å². The topological polar surface area (TPSA) is 75.4 Å². The van der Waals surface area contributed by atoms with E-state index in [4.69, 9.17) is 0 Å². The van der Waals surface area contributed by atoms with Crippen molar-refractivity contribution in [3.8, 4) is 5.69 Å². The summed E-state index contributed by atoms with van der Waals surface area (Å²) in [5.74, 6) is -1.43. The minimum absolute atomic E-state index is 0.0506. The highest BCUT2D eigenvalue weighted by atomic mass is 16.4. The first-order valence-electron chi connectivity index (χ1n) is 8.97. The molecule has 1 amide bonds. The van der Waals surface area contributed by atoms with Crippen molar-refractivity contribution < 1.29 is 14.7 Å². The molecule has 2 aromatic rings. The number of aryl methyl sites for hydroxylation is 1. The molecule has 1 aromatic heterocycles. The number of likely N-dealkylation sites (tertiary alicyclic amines) is 1. The van der Waals surface area contributed by atoms with Gasteiger partial charge in [-0.15, -0.1) is 0 Å². The Morgan fingerprint density at radius 1 is 1.23 bits per heavy atom. The van der Waals surface area contributed by atoms with Crippen molar-refractivity contribution in [2.24, 2.45) is 11.8 Å². The minimum atomic E-state index is -0.840. The molecule has 2 atom stereocenters. The van der Waals surface area contributed by atoms with E-state index in [9.17, 15) is 14.7 Å². The lowest BCUT2D eigenvalue weighted by molar-refractivity contribution is -0.142. The van der Waals surface area contributed by atoms with Gasteiger partial charge in [-0.2, -0.15) is 5.10 Å². The summed E-state index contributed by atoms with van der Waals surface area (Å²) in [6.07, 6.45) is 1.61. The quantitative estimate of drug-likeness (QED) is 0.914. The number of benzene rings is 1.